The van der Waals surface area contributed by atoms with Crippen LogP contribution >= 0.6 is 11.3 Å². The number of aromatic nitrogens is 6. The van der Waals surface area contributed by atoms with Gasteiger partial charge in [-0.25, -0.2) is 24.3 Å². The van der Waals surface area contributed by atoms with Crippen LogP contribution in [0.15, 0.2) is 30.3 Å². The number of fused-ring (bicyclic) bond motifs is 1. The number of imidazole rings is 1. The lowest BCUT2D eigenvalue weighted by Crippen LogP contribution is -2.05. The molecule has 132 valence electrons. The number of aryl methyl sites for hydroxylation is 1. The van der Waals surface area contributed by atoms with E-state index in [4.69, 9.17) is 5.73 Å². The summed E-state index contributed by atoms with van der Waals surface area (Å²) in [6.07, 6.45) is 5.85. The van der Waals surface area contributed by atoms with E-state index in [1.165, 1.54) is 11.3 Å². The molecule has 3 N–H and O–H groups in total. The van der Waals surface area contributed by atoms with E-state index in [0.717, 1.165) is 28.2 Å². The maximum Gasteiger partial charge on any atom is 0.223 e. The summed E-state index contributed by atoms with van der Waals surface area (Å²) in [6.45, 7) is 1.95. The molecule has 8 nitrogen and oxygen atoms in total. The van der Waals surface area contributed by atoms with E-state index in [1.54, 1.807) is 6.33 Å². The second-order valence-corrected chi connectivity index (χ2v) is 6.69. The smallest absolute Gasteiger partial charge is 0.223 e. The minimum absolute atomic E-state index is 0.166. The summed E-state index contributed by atoms with van der Waals surface area (Å²) in [6, 6.07) is 0. The first-order valence-electron chi connectivity index (χ1n) is 7.78. The Bertz CT molecular complexity index is 1070. The Labute approximate surface area is 152 Å². The van der Waals surface area contributed by atoms with Gasteiger partial charge in [-0.05, 0) is 10.9 Å². The molecule has 4 aromatic heterocycles. The topological polar surface area (TPSA) is 107 Å². The minimum Gasteiger partial charge on any atom is -0.368 e. The third-order valence-corrected chi connectivity index (χ3v) is 4.82. The van der Waals surface area contributed by atoms with E-state index >= 15 is 0 Å². The van der Waals surface area contributed by atoms with Crippen LogP contribution in [0.5, 0.6) is 0 Å². The van der Waals surface area contributed by atoms with Crippen LogP contribution in [0.2, 0.25) is 0 Å². The number of thiophene rings is 1. The second kappa shape index (κ2) is 6.30. The molecule has 0 fully saturated rings. The Morgan fingerprint density at radius 3 is 2.69 bits per heavy atom. The predicted octanol–water partition coefficient (Wildman–Crippen LogP) is 2.83. The number of nitrogens with one attached hydrogen (secondary N) is 1. The van der Waals surface area contributed by atoms with Crippen LogP contribution in [-0.4, -0.2) is 29.5 Å². The lowest BCUT2D eigenvalue weighted by molar-refractivity contribution is 0.606. The number of nitrogens with two attached hydrogens (primary N) is 1. The summed E-state index contributed by atoms with van der Waals surface area (Å²) in [7, 11) is 1.88. The van der Waals surface area contributed by atoms with Gasteiger partial charge in [-0.3, -0.25) is 0 Å². The molecule has 26 heavy (non-hydrogen) atoms. The molecule has 0 saturated carbocycles. The van der Waals surface area contributed by atoms with Gasteiger partial charge in [-0.15, -0.1) is 11.3 Å². The zero-order valence-corrected chi connectivity index (χ0v) is 14.8. The van der Waals surface area contributed by atoms with Crippen molar-refractivity contribution >= 4 is 39.1 Å². The number of hydrogen-bond acceptors (Lipinski definition) is 8. The van der Waals surface area contributed by atoms with Gasteiger partial charge in [0.05, 0.1) is 24.1 Å². The Morgan fingerprint density at radius 2 is 2.00 bits per heavy atom. The molecular weight excluding hydrogens is 355 g/mol. The van der Waals surface area contributed by atoms with Crippen molar-refractivity contribution in [3.05, 3.63) is 47.5 Å². The molecule has 0 bridgehead atoms. The number of halogens is 1. The molecule has 10 heteroatoms. The van der Waals surface area contributed by atoms with Crippen molar-refractivity contribution in [1.29, 1.82) is 0 Å². The highest BCUT2D eigenvalue weighted by atomic mass is 32.1. The number of nitrogen functional groups attached to an aromatic ring is 1. The van der Waals surface area contributed by atoms with E-state index in [-0.39, 0.29) is 11.9 Å². The minimum atomic E-state index is -0.468. The average molecular weight is 370 g/mol. The Hall–Kier alpha value is -3.14. The first-order valence-corrected chi connectivity index (χ1v) is 8.66. The molecule has 0 spiro atoms. The van der Waals surface area contributed by atoms with E-state index in [0.29, 0.717) is 17.5 Å². The van der Waals surface area contributed by atoms with Gasteiger partial charge in [0, 0.05) is 19.2 Å². The molecule has 0 aromatic carbocycles. The van der Waals surface area contributed by atoms with Crippen molar-refractivity contribution in [1.82, 2.24) is 29.5 Å². The molecular formula is C16H15FN8S. The first-order chi connectivity index (χ1) is 12.5. The molecule has 0 radical (unpaired) electrons. The van der Waals surface area contributed by atoms with Gasteiger partial charge in [-0.1, -0.05) is 6.92 Å². The number of rotatable bonds is 4. The molecule has 0 amide bonds. The Kier molecular flexibility index (Phi) is 3.96. The van der Waals surface area contributed by atoms with Crippen molar-refractivity contribution in [2.45, 2.75) is 12.8 Å². The van der Waals surface area contributed by atoms with Gasteiger partial charge in [0.15, 0.2) is 5.82 Å². The molecule has 4 rings (SSSR count). The van der Waals surface area contributed by atoms with Crippen molar-refractivity contribution in [2.75, 3.05) is 11.1 Å². The van der Waals surface area contributed by atoms with Crippen molar-refractivity contribution in [2.24, 2.45) is 7.05 Å². The number of nitrogens with zero attached hydrogens (tertiary/aromatic N) is 6. The van der Waals surface area contributed by atoms with Crippen molar-refractivity contribution in [3.8, 4) is 0 Å². The fourth-order valence-electron chi connectivity index (χ4n) is 2.67. The molecule has 4 aromatic rings. The fourth-order valence-corrected chi connectivity index (χ4v) is 3.71. The normalized spacial score (nSPS) is 12.4. The second-order valence-electron chi connectivity index (χ2n) is 5.83. The summed E-state index contributed by atoms with van der Waals surface area (Å²) < 4.78 is 14.9. The fraction of sp³-hybridized carbons (Fsp3) is 0.188. The van der Waals surface area contributed by atoms with Gasteiger partial charge in [0.25, 0.3) is 0 Å². The molecule has 0 aliphatic rings. The van der Waals surface area contributed by atoms with Crippen molar-refractivity contribution in [3.63, 3.8) is 0 Å². The number of anilines is 3. The Morgan fingerprint density at radius 1 is 1.23 bits per heavy atom. The lowest BCUT2D eigenvalue weighted by Gasteiger charge is -2.11. The van der Waals surface area contributed by atoms with Crippen LogP contribution in [-0.2, 0) is 7.05 Å². The van der Waals surface area contributed by atoms with Gasteiger partial charge in [0.1, 0.15) is 22.3 Å². The number of hydrogen-bond donors (Lipinski definition) is 2. The monoisotopic (exact) mass is 370 g/mol. The van der Waals surface area contributed by atoms with Crippen LogP contribution in [0.4, 0.5) is 22.0 Å². The summed E-state index contributed by atoms with van der Waals surface area (Å²) >= 11 is 1.46. The van der Waals surface area contributed by atoms with E-state index in [9.17, 15) is 4.39 Å². The van der Waals surface area contributed by atoms with Crippen LogP contribution in [0.3, 0.4) is 0 Å². The predicted molar refractivity (Wildman–Crippen MR) is 97.8 cm³/mol. The van der Waals surface area contributed by atoms with E-state index in [2.05, 4.69) is 30.2 Å². The van der Waals surface area contributed by atoms with Crippen LogP contribution in [0, 0.1) is 5.82 Å². The van der Waals surface area contributed by atoms with Gasteiger partial charge < -0.3 is 15.6 Å². The zero-order valence-electron chi connectivity index (χ0n) is 14.0. The quantitative estimate of drug-likeness (QED) is 0.569. The third kappa shape index (κ3) is 2.94. The Balaban J connectivity index is 1.81. The van der Waals surface area contributed by atoms with Crippen molar-refractivity contribution < 1.29 is 4.39 Å². The average Bonchev–Trinajstić information content (AvgIpc) is 3.21. The summed E-state index contributed by atoms with van der Waals surface area (Å²) in [4.78, 5) is 21.9. The first kappa shape index (κ1) is 16.3. The zero-order chi connectivity index (χ0) is 18.3. The molecule has 0 aliphatic heterocycles. The molecule has 4 heterocycles. The lowest BCUT2D eigenvalue weighted by atomic mass is 10.0. The summed E-state index contributed by atoms with van der Waals surface area (Å²) in [5.41, 5.74) is 6.79. The van der Waals surface area contributed by atoms with E-state index < -0.39 is 5.82 Å². The highest BCUT2D eigenvalue weighted by Gasteiger charge is 2.21. The van der Waals surface area contributed by atoms with Crippen LogP contribution < -0.4 is 11.1 Å². The standard InChI is InChI=1S/C16H15FN8S/c1-8(13-19-3-9(17)4-20-13)10-6-26-15-12(10)14(23-16(18)24-15)22-11-5-25(2)7-21-11/h3-8H,1-2H3,(H3,18,22,23,24)/t8-/m1/s1. The maximum absolute atomic E-state index is 13.1. The molecule has 0 aliphatic carbocycles. The SMILES string of the molecule is C[C@@H](c1ncc(F)cn1)c1csc2nc(N)nc(Nc3cn(C)cn3)c12. The molecule has 0 saturated heterocycles. The van der Waals surface area contributed by atoms with Crippen LogP contribution in [0.1, 0.15) is 24.2 Å². The van der Waals surface area contributed by atoms with Gasteiger partial charge in [0.2, 0.25) is 5.95 Å². The highest BCUT2D eigenvalue weighted by molar-refractivity contribution is 7.17. The molecule has 1 atom stereocenters. The highest BCUT2D eigenvalue weighted by Crippen LogP contribution is 2.37. The van der Waals surface area contributed by atoms with E-state index in [1.807, 2.05) is 30.1 Å². The summed E-state index contributed by atoms with van der Waals surface area (Å²) in [5, 5.41) is 5.99. The van der Waals surface area contributed by atoms with Gasteiger partial charge in [-0.2, -0.15) is 4.98 Å². The third-order valence-electron chi connectivity index (χ3n) is 3.92. The van der Waals surface area contributed by atoms with Gasteiger partial charge >= 0.3 is 0 Å². The maximum atomic E-state index is 13.1. The summed E-state index contributed by atoms with van der Waals surface area (Å²) in [5.74, 6) is 1.28. The largest absolute Gasteiger partial charge is 0.368 e. The molecule has 0 unspecified atom stereocenters. The van der Waals surface area contributed by atoms with Crippen LogP contribution in [0.25, 0.3) is 10.2 Å².